The van der Waals surface area contributed by atoms with Crippen LogP contribution in [-0.4, -0.2) is 29.7 Å². The van der Waals surface area contributed by atoms with E-state index in [-0.39, 0.29) is 12.5 Å². The lowest BCUT2D eigenvalue weighted by atomic mass is 9.87. The largest absolute Gasteiger partial charge is 0.394 e. The molecule has 1 amide bonds. The number of benzene rings is 1. The molecule has 1 aromatic rings. The van der Waals surface area contributed by atoms with E-state index >= 15 is 0 Å². The van der Waals surface area contributed by atoms with Gasteiger partial charge in [-0.05, 0) is 45.2 Å². The first-order valence-corrected chi connectivity index (χ1v) is 7.24. The third-order valence-electron chi connectivity index (χ3n) is 4.24. The molecule has 0 aromatic heterocycles. The highest BCUT2D eigenvalue weighted by Gasteiger charge is 2.38. The van der Waals surface area contributed by atoms with Gasteiger partial charge in [-0.25, -0.2) is 0 Å². The van der Waals surface area contributed by atoms with Crippen LogP contribution in [0.1, 0.15) is 38.7 Å². The minimum Gasteiger partial charge on any atom is -0.394 e. The third-order valence-corrected chi connectivity index (χ3v) is 4.24. The maximum Gasteiger partial charge on any atom is 0.240 e. The summed E-state index contributed by atoms with van der Waals surface area (Å²) >= 11 is 0. The average molecular weight is 276 g/mol. The number of rotatable bonds is 4. The average Bonchev–Trinajstić information content (AvgIpc) is 2.48. The summed E-state index contributed by atoms with van der Waals surface area (Å²) < 4.78 is 0. The Morgan fingerprint density at radius 1 is 1.40 bits per heavy atom. The molecule has 1 aliphatic heterocycles. The molecule has 2 unspecified atom stereocenters. The number of carbonyl (C=O) groups excluding carboxylic acids is 1. The highest BCUT2D eigenvalue weighted by Crippen LogP contribution is 2.24. The van der Waals surface area contributed by atoms with E-state index in [0.717, 1.165) is 31.4 Å². The second-order valence-electron chi connectivity index (χ2n) is 6.03. The van der Waals surface area contributed by atoms with Gasteiger partial charge in [0.1, 0.15) is 0 Å². The molecular formula is C16H24N2O2. The van der Waals surface area contributed by atoms with Gasteiger partial charge in [0.15, 0.2) is 0 Å². The van der Waals surface area contributed by atoms with Crippen LogP contribution in [0, 0.1) is 0 Å². The summed E-state index contributed by atoms with van der Waals surface area (Å²) in [5.41, 5.74) is -0.375. The van der Waals surface area contributed by atoms with Gasteiger partial charge in [-0.1, -0.05) is 30.3 Å². The Morgan fingerprint density at radius 3 is 2.65 bits per heavy atom. The minimum atomic E-state index is -0.750. The topological polar surface area (TPSA) is 61.4 Å². The number of carbonyl (C=O) groups is 1. The fourth-order valence-corrected chi connectivity index (χ4v) is 2.65. The van der Waals surface area contributed by atoms with Gasteiger partial charge in [0.25, 0.3) is 0 Å². The van der Waals surface area contributed by atoms with Crippen LogP contribution < -0.4 is 10.6 Å². The molecular weight excluding hydrogens is 252 g/mol. The van der Waals surface area contributed by atoms with E-state index in [0.29, 0.717) is 0 Å². The highest BCUT2D eigenvalue weighted by atomic mass is 16.3. The highest BCUT2D eigenvalue weighted by molar-refractivity contribution is 5.86. The van der Waals surface area contributed by atoms with Gasteiger partial charge in [0.05, 0.1) is 17.7 Å². The molecule has 0 aliphatic carbocycles. The molecule has 0 spiro atoms. The fourth-order valence-electron chi connectivity index (χ4n) is 2.65. The van der Waals surface area contributed by atoms with Gasteiger partial charge in [0, 0.05) is 0 Å². The molecule has 4 heteroatoms. The molecule has 20 heavy (non-hydrogen) atoms. The van der Waals surface area contributed by atoms with Crippen molar-refractivity contribution >= 4 is 5.91 Å². The lowest BCUT2D eigenvalue weighted by Gasteiger charge is -2.38. The fraction of sp³-hybridized carbons (Fsp3) is 0.562. The number of aliphatic hydroxyl groups is 1. The first kappa shape index (κ1) is 15.0. The standard InChI is InChI=1S/C16H24N2O2/c1-15(10-6-7-11-17-15)14(20)18-16(2,12-19)13-8-4-3-5-9-13/h3-5,8-9,17,19H,6-7,10-12H2,1-2H3,(H,18,20). The number of hydrogen-bond donors (Lipinski definition) is 3. The Bertz CT molecular complexity index is 455. The molecule has 110 valence electrons. The number of amides is 1. The third kappa shape index (κ3) is 3.02. The van der Waals surface area contributed by atoms with Gasteiger partial charge in [0.2, 0.25) is 5.91 Å². The summed E-state index contributed by atoms with van der Waals surface area (Å²) in [7, 11) is 0. The van der Waals surface area contributed by atoms with E-state index in [9.17, 15) is 9.90 Å². The van der Waals surface area contributed by atoms with Gasteiger partial charge >= 0.3 is 0 Å². The summed E-state index contributed by atoms with van der Waals surface area (Å²) in [5, 5.41) is 16.1. The zero-order valence-corrected chi connectivity index (χ0v) is 12.3. The molecule has 4 nitrogen and oxygen atoms in total. The second kappa shape index (κ2) is 5.94. The predicted octanol–water partition coefficient (Wildman–Crippen LogP) is 1.54. The van der Waals surface area contributed by atoms with E-state index < -0.39 is 11.1 Å². The maximum absolute atomic E-state index is 12.6. The molecule has 1 fully saturated rings. The molecule has 1 heterocycles. The first-order chi connectivity index (χ1) is 9.50. The monoisotopic (exact) mass is 276 g/mol. The molecule has 1 saturated heterocycles. The smallest absolute Gasteiger partial charge is 0.240 e. The van der Waals surface area contributed by atoms with Crippen LogP contribution >= 0.6 is 0 Å². The van der Waals surface area contributed by atoms with Gasteiger partial charge in [-0.3, -0.25) is 4.79 Å². The molecule has 3 N–H and O–H groups in total. The second-order valence-corrected chi connectivity index (χ2v) is 6.03. The lowest BCUT2D eigenvalue weighted by Crippen LogP contribution is -2.61. The normalized spacial score (nSPS) is 25.8. The summed E-state index contributed by atoms with van der Waals surface area (Å²) in [6.45, 7) is 4.53. The van der Waals surface area contributed by atoms with Gasteiger partial charge in [-0.2, -0.15) is 0 Å². The van der Waals surface area contributed by atoms with Crippen molar-refractivity contribution in [3.8, 4) is 0 Å². The first-order valence-electron chi connectivity index (χ1n) is 7.24. The number of nitrogens with one attached hydrogen (secondary N) is 2. The van der Waals surface area contributed by atoms with E-state index in [1.165, 1.54) is 0 Å². The van der Waals surface area contributed by atoms with Crippen LogP contribution in [0.15, 0.2) is 30.3 Å². The van der Waals surface area contributed by atoms with E-state index in [4.69, 9.17) is 0 Å². The maximum atomic E-state index is 12.6. The van der Waals surface area contributed by atoms with E-state index in [1.807, 2.05) is 44.2 Å². The zero-order valence-electron chi connectivity index (χ0n) is 12.3. The van der Waals surface area contributed by atoms with Crippen molar-refractivity contribution in [1.29, 1.82) is 0 Å². The summed E-state index contributed by atoms with van der Waals surface area (Å²) in [6, 6.07) is 9.60. The zero-order chi connectivity index (χ0) is 14.6. The number of aliphatic hydroxyl groups excluding tert-OH is 1. The molecule has 0 radical (unpaired) electrons. The Morgan fingerprint density at radius 2 is 2.10 bits per heavy atom. The molecule has 2 rings (SSSR count). The SMILES string of the molecule is CC1(C(=O)NC(C)(CO)c2ccccc2)CCCCN1. The Hall–Kier alpha value is -1.39. The van der Waals surface area contributed by atoms with Crippen LogP contribution in [-0.2, 0) is 10.3 Å². The van der Waals surface area contributed by atoms with Crippen LogP contribution in [0.4, 0.5) is 0 Å². The molecule has 1 aliphatic rings. The van der Waals surface area contributed by atoms with Crippen molar-refractivity contribution in [3.63, 3.8) is 0 Å². The van der Waals surface area contributed by atoms with Crippen LogP contribution in [0.5, 0.6) is 0 Å². The Labute approximate surface area is 120 Å². The molecule has 2 atom stereocenters. The van der Waals surface area contributed by atoms with Crippen molar-refractivity contribution < 1.29 is 9.90 Å². The van der Waals surface area contributed by atoms with E-state index in [2.05, 4.69) is 10.6 Å². The van der Waals surface area contributed by atoms with Crippen LogP contribution in [0.3, 0.4) is 0 Å². The number of hydrogen-bond acceptors (Lipinski definition) is 3. The predicted molar refractivity (Wildman–Crippen MR) is 79.3 cm³/mol. The van der Waals surface area contributed by atoms with Crippen molar-refractivity contribution in [3.05, 3.63) is 35.9 Å². The van der Waals surface area contributed by atoms with Gasteiger partial charge in [-0.15, -0.1) is 0 Å². The van der Waals surface area contributed by atoms with Gasteiger partial charge < -0.3 is 15.7 Å². The summed E-state index contributed by atoms with van der Waals surface area (Å²) in [6.07, 6.45) is 2.99. The van der Waals surface area contributed by atoms with Crippen molar-refractivity contribution in [1.82, 2.24) is 10.6 Å². The molecule has 0 saturated carbocycles. The number of piperidine rings is 1. The van der Waals surface area contributed by atoms with E-state index in [1.54, 1.807) is 0 Å². The van der Waals surface area contributed by atoms with Crippen molar-refractivity contribution in [2.24, 2.45) is 0 Å². The Kier molecular flexibility index (Phi) is 4.45. The molecule has 1 aromatic carbocycles. The van der Waals surface area contributed by atoms with Crippen molar-refractivity contribution in [2.75, 3.05) is 13.2 Å². The van der Waals surface area contributed by atoms with Crippen LogP contribution in [0.25, 0.3) is 0 Å². The minimum absolute atomic E-state index is 0.0439. The molecule has 0 bridgehead atoms. The summed E-state index contributed by atoms with van der Waals surface area (Å²) in [5.74, 6) is -0.0439. The quantitative estimate of drug-likeness (QED) is 0.782. The van der Waals surface area contributed by atoms with Crippen LogP contribution in [0.2, 0.25) is 0 Å². The summed E-state index contributed by atoms with van der Waals surface area (Å²) in [4.78, 5) is 12.6. The Balaban J connectivity index is 2.15. The van der Waals surface area contributed by atoms with Crippen molar-refractivity contribution in [2.45, 2.75) is 44.2 Å². The lowest BCUT2D eigenvalue weighted by molar-refractivity contribution is -0.130.